The van der Waals surface area contributed by atoms with E-state index in [1.807, 2.05) is 37.3 Å². The zero-order chi connectivity index (χ0) is 19.0. The van der Waals surface area contributed by atoms with Crippen LogP contribution in [0.15, 0.2) is 59.5 Å². The van der Waals surface area contributed by atoms with Crippen molar-refractivity contribution in [2.24, 2.45) is 0 Å². The summed E-state index contributed by atoms with van der Waals surface area (Å²) < 4.78 is 38.0. The van der Waals surface area contributed by atoms with Gasteiger partial charge in [0.25, 0.3) is 10.0 Å². The lowest BCUT2D eigenvalue weighted by Crippen LogP contribution is -2.44. The Morgan fingerprint density at radius 1 is 1.07 bits per heavy atom. The summed E-state index contributed by atoms with van der Waals surface area (Å²) in [6, 6.07) is 15.2. The van der Waals surface area contributed by atoms with Crippen LogP contribution in [0.4, 0.5) is 4.79 Å². The molecule has 0 spiro atoms. The van der Waals surface area contributed by atoms with Gasteiger partial charge in [-0.25, -0.2) is 13.2 Å². The normalized spacial score (nSPS) is 23.5. The van der Waals surface area contributed by atoms with Gasteiger partial charge in [0.2, 0.25) is 0 Å². The lowest BCUT2D eigenvalue weighted by molar-refractivity contribution is 0.104. The van der Waals surface area contributed by atoms with Crippen molar-refractivity contribution in [1.29, 1.82) is 0 Å². The predicted octanol–water partition coefficient (Wildman–Crippen LogP) is 3.25. The molecule has 4 rings (SSSR count). The zero-order valence-electron chi connectivity index (χ0n) is 14.9. The molecule has 2 aromatic carbocycles. The highest BCUT2D eigenvalue weighted by molar-refractivity contribution is 7.89. The van der Waals surface area contributed by atoms with E-state index >= 15 is 0 Å². The molecule has 1 aliphatic heterocycles. The highest BCUT2D eigenvalue weighted by Gasteiger charge is 2.53. The topological polar surface area (TPSA) is 76.2 Å². The zero-order valence-corrected chi connectivity index (χ0v) is 15.8. The number of carbonyl (C=O) groups excluding carboxylic acids is 1. The van der Waals surface area contributed by atoms with E-state index in [-0.39, 0.29) is 23.7 Å². The van der Waals surface area contributed by atoms with Gasteiger partial charge in [-0.3, -0.25) is 0 Å². The smallest absolute Gasteiger partial charge is 0.424 e. The lowest BCUT2D eigenvalue weighted by Gasteiger charge is -2.28. The van der Waals surface area contributed by atoms with Crippen LogP contribution in [0, 0.1) is 6.92 Å². The fourth-order valence-corrected chi connectivity index (χ4v) is 4.99. The average molecular weight is 387 g/mol. The number of aryl methyl sites for hydroxylation is 1. The lowest BCUT2D eigenvalue weighted by atomic mass is 10.2. The van der Waals surface area contributed by atoms with Gasteiger partial charge in [0.1, 0.15) is 6.61 Å². The van der Waals surface area contributed by atoms with E-state index in [0.29, 0.717) is 12.8 Å². The summed E-state index contributed by atoms with van der Waals surface area (Å²) in [5.74, 6) is 0. The minimum Gasteiger partial charge on any atom is -0.444 e. The average Bonchev–Trinajstić information content (AvgIpc) is 3.27. The minimum atomic E-state index is -4.00. The molecule has 2 aromatic rings. The Morgan fingerprint density at radius 2 is 1.70 bits per heavy atom. The molecule has 0 aromatic heterocycles. The molecule has 27 heavy (non-hydrogen) atoms. The Morgan fingerprint density at radius 3 is 2.33 bits per heavy atom. The third kappa shape index (κ3) is 3.70. The molecule has 0 radical (unpaired) electrons. The summed E-state index contributed by atoms with van der Waals surface area (Å²) in [6.07, 6.45) is 0.276. The first-order valence-corrected chi connectivity index (χ1v) is 10.4. The van der Waals surface area contributed by atoms with E-state index in [4.69, 9.17) is 9.47 Å². The summed E-state index contributed by atoms with van der Waals surface area (Å²) in [5, 5.41) is 0. The molecule has 1 heterocycles. The van der Waals surface area contributed by atoms with E-state index in [1.165, 1.54) is 12.1 Å². The van der Waals surface area contributed by atoms with Crippen molar-refractivity contribution >= 4 is 16.1 Å². The molecular formula is C20H21NO5S. The van der Waals surface area contributed by atoms with Gasteiger partial charge in [-0.1, -0.05) is 48.0 Å². The molecular weight excluding hydrogens is 366 g/mol. The van der Waals surface area contributed by atoms with Gasteiger partial charge < -0.3 is 9.47 Å². The summed E-state index contributed by atoms with van der Waals surface area (Å²) in [7, 11) is -4.00. The van der Waals surface area contributed by atoms with Crippen molar-refractivity contribution in [1.82, 2.24) is 4.31 Å². The number of sulfonamides is 1. The second-order valence-corrected chi connectivity index (χ2v) is 8.81. The monoisotopic (exact) mass is 387 g/mol. The standard InChI is InChI=1S/C20H21NO5S/c1-14-7-9-17(10-8-14)27(23,24)21(16-11-18-19(12-16)26-18)20(22)25-13-15-5-3-2-4-6-15/h2-10,16,18-19H,11-13H2,1H3/t16?,18-,19+. The molecule has 0 N–H and O–H groups in total. The Hall–Kier alpha value is -2.38. The van der Waals surface area contributed by atoms with E-state index in [1.54, 1.807) is 12.1 Å². The number of nitrogens with zero attached hydrogens (tertiary/aromatic N) is 1. The van der Waals surface area contributed by atoms with E-state index in [2.05, 4.69) is 0 Å². The van der Waals surface area contributed by atoms with Crippen molar-refractivity contribution in [2.75, 3.05) is 0 Å². The number of epoxide rings is 1. The van der Waals surface area contributed by atoms with Crippen LogP contribution < -0.4 is 0 Å². The summed E-state index contributed by atoms with van der Waals surface area (Å²) in [4.78, 5) is 12.9. The van der Waals surface area contributed by atoms with E-state index < -0.39 is 22.2 Å². The highest BCUT2D eigenvalue weighted by Crippen LogP contribution is 2.42. The number of ether oxygens (including phenoxy) is 2. The van der Waals surface area contributed by atoms with Crippen LogP contribution >= 0.6 is 0 Å². The molecule has 142 valence electrons. The highest BCUT2D eigenvalue weighted by atomic mass is 32.2. The number of amides is 1. The molecule has 7 heteroatoms. The second kappa shape index (κ2) is 6.98. The summed E-state index contributed by atoms with van der Waals surface area (Å²) >= 11 is 0. The Labute approximate surface area is 158 Å². The van der Waals surface area contributed by atoms with Gasteiger partial charge in [0.15, 0.2) is 0 Å². The van der Waals surface area contributed by atoms with Crippen molar-refractivity contribution in [3.8, 4) is 0 Å². The number of hydrogen-bond acceptors (Lipinski definition) is 5. The van der Waals surface area contributed by atoms with E-state index in [9.17, 15) is 13.2 Å². The number of fused-ring (bicyclic) bond motifs is 1. The maximum Gasteiger partial charge on any atom is 0.424 e. The summed E-state index contributed by atoms with van der Waals surface area (Å²) in [5.41, 5.74) is 1.75. The van der Waals surface area contributed by atoms with Crippen LogP contribution in [-0.2, 0) is 26.1 Å². The first kappa shape index (κ1) is 18.0. The Bertz CT molecular complexity index is 917. The van der Waals surface area contributed by atoms with Gasteiger partial charge >= 0.3 is 6.09 Å². The quantitative estimate of drug-likeness (QED) is 0.736. The van der Waals surface area contributed by atoms with Crippen LogP contribution in [-0.4, -0.2) is 37.1 Å². The van der Waals surface area contributed by atoms with Crippen LogP contribution in [0.3, 0.4) is 0 Å². The van der Waals surface area contributed by atoms with Crippen LogP contribution in [0.5, 0.6) is 0 Å². The number of hydrogen-bond donors (Lipinski definition) is 0. The summed E-state index contributed by atoms with van der Waals surface area (Å²) in [6.45, 7) is 1.90. The van der Waals surface area contributed by atoms with Crippen molar-refractivity contribution in [2.45, 2.75) is 49.5 Å². The fraction of sp³-hybridized carbons (Fsp3) is 0.350. The number of carbonyl (C=O) groups is 1. The minimum absolute atomic E-state index is 0.0235. The Kier molecular flexibility index (Phi) is 4.65. The first-order valence-electron chi connectivity index (χ1n) is 8.92. The molecule has 1 aliphatic carbocycles. The SMILES string of the molecule is Cc1ccc(S(=O)(=O)N(C(=O)OCc2ccccc2)C2C[C@@H]3O[C@@H]3C2)cc1. The van der Waals surface area contributed by atoms with Crippen molar-refractivity contribution < 1.29 is 22.7 Å². The van der Waals surface area contributed by atoms with Gasteiger partial charge in [-0.05, 0) is 37.5 Å². The fourth-order valence-electron chi connectivity index (χ4n) is 3.47. The molecule has 1 amide bonds. The molecule has 0 bridgehead atoms. The third-order valence-corrected chi connectivity index (χ3v) is 6.82. The molecule has 1 saturated heterocycles. The van der Waals surface area contributed by atoms with Gasteiger partial charge in [-0.15, -0.1) is 0 Å². The van der Waals surface area contributed by atoms with Crippen LogP contribution in [0.1, 0.15) is 24.0 Å². The van der Waals surface area contributed by atoms with E-state index in [0.717, 1.165) is 15.4 Å². The van der Waals surface area contributed by atoms with Crippen LogP contribution in [0.25, 0.3) is 0 Å². The van der Waals surface area contributed by atoms with Crippen molar-refractivity contribution in [3.63, 3.8) is 0 Å². The maximum atomic E-state index is 13.2. The largest absolute Gasteiger partial charge is 0.444 e. The molecule has 1 unspecified atom stereocenters. The maximum absolute atomic E-state index is 13.2. The van der Waals surface area contributed by atoms with Gasteiger partial charge in [0, 0.05) is 0 Å². The number of rotatable bonds is 5. The van der Waals surface area contributed by atoms with Crippen molar-refractivity contribution in [3.05, 3.63) is 65.7 Å². The predicted molar refractivity (Wildman–Crippen MR) is 98.5 cm³/mol. The third-order valence-electron chi connectivity index (χ3n) is 4.99. The number of benzene rings is 2. The van der Waals surface area contributed by atoms with Gasteiger partial charge in [0.05, 0.1) is 23.1 Å². The van der Waals surface area contributed by atoms with Gasteiger partial charge in [-0.2, -0.15) is 4.31 Å². The molecule has 2 aliphatic rings. The Balaban J connectivity index is 1.58. The van der Waals surface area contributed by atoms with Crippen LogP contribution in [0.2, 0.25) is 0 Å². The molecule has 1 saturated carbocycles. The molecule has 6 nitrogen and oxygen atoms in total. The molecule has 2 fully saturated rings. The first-order chi connectivity index (χ1) is 12.9. The molecule has 3 atom stereocenters. The second-order valence-electron chi connectivity index (χ2n) is 6.99.